The van der Waals surface area contributed by atoms with Gasteiger partial charge < -0.3 is 9.40 Å². The Bertz CT molecular complexity index is 972. The molecule has 7 heteroatoms. The normalized spacial score (nSPS) is 11.7. The van der Waals surface area contributed by atoms with Crippen molar-refractivity contribution in [1.82, 2.24) is 10.4 Å². The molecule has 0 unspecified atom stereocenters. The molecule has 0 saturated heterocycles. The maximum Gasteiger partial charge on any atom is 0.345 e. The molecule has 3 rings (SSSR count). The molecule has 0 saturated carbocycles. The van der Waals surface area contributed by atoms with Gasteiger partial charge in [0, 0.05) is 16.1 Å². The molecule has 2 aromatic heterocycles. The van der Waals surface area contributed by atoms with Gasteiger partial charge in [0.1, 0.15) is 11.3 Å². The highest BCUT2D eigenvalue weighted by Gasteiger charge is 2.10. The van der Waals surface area contributed by atoms with E-state index in [2.05, 4.69) is 31.4 Å². The van der Waals surface area contributed by atoms with Gasteiger partial charge in [-0.25, -0.2) is 10.2 Å². The van der Waals surface area contributed by atoms with Crippen molar-refractivity contribution in [3.63, 3.8) is 0 Å². The van der Waals surface area contributed by atoms with E-state index in [0.29, 0.717) is 22.6 Å². The average Bonchev–Trinajstić information content (AvgIpc) is 2.98. The second-order valence-corrected chi connectivity index (χ2v) is 5.77. The summed E-state index contributed by atoms with van der Waals surface area (Å²) in [7, 11) is 0. The molecule has 0 aliphatic rings. The second-order valence-electron chi connectivity index (χ2n) is 4.86. The SMILES string of the molecule is C/C(=N/NC(=O)c1cc(Br)c[nH]1)c1cc2ccccc2oc1=O. The minimum Gasteiger partial charge on any atom is -0.422 e. The van der Waals surface area contributed by atoms with Crippen molar-refractivity contribution in [2.45, 2.75) is 6.92 Å². The molecule has 1 aromatic carbocycles. The number of rotatable bonds is 3. The number of aromatic nitrogens is 1. The van der Waals surface area contributed by atoms with E-state index in [4.69, 9.17) is 4.42 Å². The first kappa shape index (κ1) is 15.2. The van der Waals surface area contributed by atoms with Crippen molar-refractivity contribution >= 4 is 38.5 Å². The van der Waals surface area contributed by atoms with Crippen LogP contribution in [-0.2, 0) is 0 Å². The van der Waals surface area contributed by atoms with E-state index in [-0.39, 0.29) is 0 Å². The minimum absolute atomic E-state index is 0.302. The predicted octanol–water partition coefficient (Wildman–Crippen LogP) is 3.04. The number of halogens is 1. The van der Waals surface area contributed by atoms with Crippen LogP contribution in [-0.4, -0.2) is 16.6 Å². The number of hydrazone groups is 1. The summed E-state index contributed by atoms with van der Waals surface area (Å²) in [5, 5.41) is 4.76. The summed E-state index contributed by atoms with van der Waals surface area (Å²) in [6.07, 6.45) is 1.64. The monoisotopic (exact) mass is 373 g/mol. The molecule has 6 nitrogen and oxygen atoms in total. The molecule has 2 heterocycles. The highest BCUT2D eigenvalue weighted by atomic mass is 79.9. The smallest absolute Gasteiger partial charge is 0.345 e. The van der Waals surface area contributed by atoms with Crippen molar-refractivity contribution in [2.24, 2.45) is 5.10 Å². The van der Waals surface area contributed by atoms with Gasteiger partial charge in [-0.05, 0) is 41.1 Å². The van der Waals surface area contributed by atoms with Crippen molar-refractivity contribution < 1.29 is 9.21 Å². The van der Waals surface area contributed by atoms with Gasteiger partial charge >= 0.3 is 5.63 Å². The molecule has 0 radical (unpaired) electrons. The summed E-state index contributed by atoms with van der Waals surface area (Å²) in [6, 6.07) is 10.5. The molecule has 0 spiro atoms. The molecule has 3 aromatic rings. The van der Waals surface area contributed by atoms with Crippen LogP contribution in [0.5, 0.6) is 0 Å². The number of aromatic amines is 1. The number of nitrogens with zero attached hydrogens (tertiary/aromatic N) is 1. The average molecular weight is 374 g/mol. The van der Waals surface area contributed by atoms with E-state index >= 15 is 0 Å². The van der Waals surface area contributed by atoms with E-state index in [1.807, 2.05) is 12.1 Å². The number of benzene rings is 1. The molecule has 1 amide bonds. The molecule has 2 N–H and O–H groups in total. The summed E-state index contributed by atoms with van der Waals surface area (Å²) < 4.78 is 6.01. The van der Waals surface area contributed by atoms with Crippen LogP contribution in [0.2, 0.25) is 0 Å². The fraction of sp³-hybridized carbons (Fsp3) is 0.0625. The first-order chi connectivity index (χ1) is 11.0. The second kappa shape index (κ2) is 6.21. The van der Waals surface area contributed by atoms with Gasteiger partial charge in [0.15, 0.2) is 0 Å². The Labute approximate surface area is 139 Å². The lowest BCUT2D eigenvalue weighted by molar-refractivity contribution is 0.0950. The predicted molar refractivity (Wildman–Crippen MR) is 90.7 cm³/mol. The lowest BCUT2D eigenvalue weighted by atomic mass is 10.1. The van der Waals surface area contributed by atoms with Gasteiger partial charge in [-0.3, -0.25) is 4.79 Å². The third-order valence-corrected chi connectivity index (χ3v) is 3.71. The fourth-order valence-corrected chi connectivity index (χ4v) is 2.41. The molecule has 0 aliphatic heterocycles. The summed E-state index contributed by atoms with van der Waals surface area (Å²) in [4.78, 5) is 26.7. The largest absolute Gasteiger partial charge is 0.422 e. The molecule has 23 heavy (non-hydrogen) atoms. The maximum absolute atomic E-state index is 12.0. The van der Waals surface area contributed by atoms with Gasteiger partial charge in [-0.1, -0.05) is 18.2 Å². The van der Waals surface area contributed by atoms with Crippen LogP contribution < -0.4 is 11.1 Å². The Morgan fingerprint density at radius 1 is 1.30 bits per heavy atom. The lowest BCUT2D eigenvalue weighted by Crippen LogP contribution is -2.21. The van der Waals surface area contributed by atoms with E-state index < -0.39 is 11.5 Å². The van der Waals surface area contributed by atoms with E-state index in [9.17, 15) is 9.59 Å². The van der Waals surface area contributed by atoms with Crippen LogP contribution >= 0.6 is 15.9 Å². The highest BCUT2D eigenvalue weighted by molar-refractivity contribution is 9.10. The Morgan fingerprint density at radius 3 is 2.83 bits per heavy atom. The molecule has 116 valence electrons. The molecule has 0 fully saturated rings. The quantitative estimate of drug-likeness (QED) is 0.420. The van der Waals surface area contributed by atoms with Crippen molar-refractivity contribution in [2.75, 3.05) is 0 Å². The molecular formula is C16H12BrN3O3. The molecule has 0 bridgehead atoms. The number of carbonyl (C=O) groups excluding carboxylic acids is 1. The number of hydrogen-bond acceptors (Lipinski definition) is 4. The van der Waals surface area contributed by atoms with E-state index in [1.54, 1.807) is 37.4 Å². The van der Waals surface area contributed by atoms with Gasteiger partial charge in [0.2, 0.25) is 0 Å². The summed E-state index contributed by atoms with van der Waals surface area (Å²) in [5.74, 6) is -0.403. The fourth-order valence-electron chi connectivity index (χ4n) is 2.07. The Morgan fingerprint density at radius 2 is 2.09 bits per heavy atom. The number of nitrogens with one attached hydrogen (secondary N) is 2. The van der Waals surface area contributed by atoms with Gasteiger partial charge in [0.05, 0.1) is 11.3 Å². The van der Waals surface area contributed by atoms with Crippen LogP contribution in [0.4, 0.5) is 0 Å². The summed E-state index contributed by atoms with van der Waals surface area (Å²) >= 11 is 3.25. The number of carbonyl (C=O) groups is 1. The topological polar surface area (TPSA) is 87.5 Å². The van der Waals surface area contributed by atoms with Gasteiger partial charge in [-0.15, -0.1) is 0 Å². The minimum atomic E-state index is -0.498. The lowest BCUT2D eigenvalue weighted by Gasteiger charge is -2.02. The maximum atomic E-state index is 12.0. The Hall–Kier alpha value is -2.67. The van der Waals surface area contributed by atoms with Gasteiger partial charge in [0.25, 0.3) is 5.91 Å². The van der Waals surface area contributed by atoms with E-state index in [1.165, 1.54) is 0 Å². The van der Waals surface area contributed by atoms with Crippen LogP contribution in [0.1, 0.15) is 23.0 Å². The number of fused-ring (bicyclic) bond motifs is 1. The van der Waals surface area contributed by atoms with E-state index in [0.717, 1.165) is 9.86 Å². The van der Waals surface area contributed by atoms with Crippen LogP contribution in [0.25, 0.3) is 11.0 Å². The molecular weight excluding hydrogens is 362 g/mol. The highest BCUT2D eigenvalue weighted by Crippen LogP contribution is 2.13. The summed E-state index contributed by atoms with van der Waals surface area (Å²) in [6.45, 7) is 1.63. The summed E-state index contributed by atoms with van der Waals surface area (Å²) in [5.41, 5.74) is 3.44. The zero-order chi connectivity index (χ0) is 16.4. The van der Waals surface area contributed by atoms with Crippen LogP contribution in [0.15, 0.2) is 61.4 Å². The number of hydrogen-bond donors (Lipinski definition) is 2. The Balaban J connectivity index is 1.87. The van der Waals surface area contributed by atoms with Crippen LogP contribution in [0.3, 0.4) is 0 Å². The molecule has 0 atom stereocenters. The molecule has 0 aliphatic carbocycles. The first-order valence-electron chi connectivity index (χ1n) is 6.76. The van der Waals surface area contributed by atoms with Crippen molar-refractivity contribution in [3.05, 3.63) is 68.7 Å². The van der Waals surface area contributed by atoms with Crippen molar-refractivity contribution in [3.8, 4) is 0 Å². The van der Waals surface area contributed by atoms with Crippen LogP contribution in [0, 0.1) is 0 Å². The Kier molecular flexibility index (Phi) is 4.12. The standard InChI is InChI=1S/C16H12BrN3O3/c1-9(19-20-15(21)13-7-11(17)8-18-13)12-6-10-4-2-3-5-14(10)23-16(12)22/h2-8,18H,1H3,(H,20,21)/b19-9-. The van der Waals surface area contributed by atoms with Crippen molar-refractivity contribution in [1.29, 1.82) is 0 Å². The number of H-pyrrole nitrogens is 1. The first-order valence-corrected chi connectivity index (χ1v) is 7.56. The zero-order valence-corrected chi connectivity index (χ0v) is 13.7. The number of para-hydroxylation sites is 1. The van der Waals surface area contributed by atoms with Gasteiger partial charge in [-0.2, -0.15) is 5.10 Å². The number of amides is 1. The third kappa shape index (κ3) is 3.24. The zero-order valence-electron chi connectivity index (χ0n) is 12.1. The third-order valence-electron chi connectivity index (χ3n) is 3.25.